The highest BCUT2D eigenvalue weighted by molar-refractivity contribution is 7.88. The van der Waals surface area contributed by atoms with Crippen molar-refractivity contribution in [1.29, 1.82) is 0 Å². The fourth-order valence-electron chi connectivity index (χ4n) is 2.80. The molecule has 0 amide bonds. The molecule has 0 fully saturated rings. The summed E-state index contributed by atoms with van der Waals surface area (Å²) in [6.07, 6.45) is 0. The second kappa shape index (κ2) is 7.63. The topological polar surface area (TPSA) is 43.4 Å². The first-order valence-corrected chi connectivity index (χ1v) is 9.50. The molecule has 0 heterocycles. The molecule has 0 spiro atoms. The van der Waals surface area contributed by atoms with Gasteiger partial charge in [-0.15, -0.1) is 0 Å². The van der Waals surface area contributed by atoms with Crippen LogP contribution in [0.1, 0.15) is 22.6 Å². The van der Waals surface area contributed by atoms with E-state index in [-0.39, 0.29) is 0 Å². The molecule has 3 rings (SSSR count). The van der Waals surface area contributed by atoms with Crippen molar-refractivity contribution in [2.75, 3.05) is 0 Å². The zero-order valence-electron chi connectivity index (χ0n) is 14.2. The minimum atomic E-state index is -5.95. The standard InChI is InChI=1S/C20H14F4O3S/c21-17-13-16(11-12-18(17)27-28(25,26)20(22,23)24)19(14-7-3-1-4-8-14)15-9-5-2-6-10-15/h1-13,19H. The van der Waals surface area contributed by atoms with E-state index in [4.69, 9.17) is 0 Å². The van der Waals surface area contributed by atoms with Gasteiger partial charge in [0.25, 0.3) is 0 Å². The summed E-state index contributed by atoms with van der Waals surface area (Å²) in [5, 5.41) is 0. The van der Waals surface area contributed by atoms with Crippen LogP contribution in [0.4, 0.5) is 17.6 Å². The van der Waals surface area contributed by atoms with Gasteiger partial charge >= 0.3 is 15.6 Å². The highest BCUT2D eigenvalue weighted by Gasteiger charge is 2.48. The minimum absolute atomic E-state index is 0.398. The molecule has 0 saturated heterocycles. The van der Waals surface area contributed by atoms with E-state index >= 15 is 0 Å². The zero-order chi connectivity index (χ0) is 20.4. The van der Waals surface area contributed by atoms with Crippen LogP contribution in [0.15, 0.2) is 78.9 Å². The van der Waals surface area contributed by atoms with E-state index in [1.165, 1.54) is 6.07 Å². The van der Waals surface area contributed by atoms with Gasteiger partial charge in [-0.1, -0.05) is 66.7 Å². The van der Waals surface area contributed by atoms with Crippen LogP contribution in [0.25, 0.3) is 0 Å². The van der Waals surface area contributed by atoms with Crippen LogP contribution < -0.4 is 4.18 Å². The summed E-state index contributed by atoms with van der Waals surface area (Å²) in [6, 6.07) is 21.5. The fraction of sp³-hybridized carbons (Fsp3) is 0.100. The van der Waals surface area contributed by atoms with E-state index in [0.29, 0.717) is 5.56 Å². The lowest BCUT2D eigenvalue weighted by molar-refractivity contribution is -0.0500. The Morgan fingerprint density at radius 3 is 1.68 bits per heavy atom. The van der Waals surface area contributed by atoms with Crippen molar-refractivity contribution in [2.24, 2.45) is 0 Å². The Kier molecular flexibility index (Phi) is 5.42. The van der Waals surface area contributed by atoms with Crippen LogP contribution in [0.3, 0.4) is 0 Å². The molecule has 0 unspecified atom stereocenters. The van der Waals surface area contributed by atoms with E-state index in [9.17, 15) is 26.0 Å². The number of rotatable bonds is 5. The Hall–Kier alpha value is -2.87. The molecule has 0 atom stereocenters. The second-order valence-electron chi connectivity index (χ2n) is 5.93. The summed E-state index contributed by atoms with van der Waals surface area (Å²) in [6.45, 7) is 0. The first-order valence-electron chi connectivity index (χ1n) is 8.09. The lowest BCUT2D eigenvalue weighted by Crippen LogP contribution is -2.28. The predicted octanol–water partition coefficient (Wildman–Crippen LogP) is 5.23. The SMILES string of the molecule is O=S(=O)(Oc1ccc(C(c2ccccc2)c2ccccc2)cc1F)C(F)(F)F. The molecule has 28 heavy (non-hydrogen) atoms. The number of hydrogen-bond acceptors (Lipinski definition) is 3. The second-order valence-corrected chi connectivity index (χ2v) is 7.47. The molecule has 0 radical (unpaired) electrons. The maximum Gasteiger partial charge on any atom is 0.534 e. The predicted molar refractivity (Wildman–Crippen MR) is 95.8 cm³/mol. The Bertz CT molecular complexity index is 1010. The lowest BCUT2D eigenvalue weighted by Gasteiger charge is -2.19. The van der Waals surface area contributed by atoms with Gasteiger partial charge in [0.05, 0.1) is 0 Å². The quantitative estimate of drug-likeness (QED) is 0.250. The van der Waals surface area contributed by atoms with E-state index in [0.717, 1.165) is 23.3 Å². The van der Waals surface area contributed by atoms with Crippen LogP contribution in [-0.2, 0) is 10.1 Å². The largest absolute Gasteiger partial charge is 0.534 e. The van der Waals surface area contributed by atoms with Crippen LogP contribution in [-0.4, -0.2) is 13.9 Å². The van der Waals surface area contributed by atoms with Gasteiger partial charge in [-0.2, -0.15) is 21.6 Å². The van der Waals surface area contributed by atoms with Gasteiger partial charge in [0.1, 0.15) is 0 Å². The van der Waals surface area contributed by atoms with Crippen LogP contribution >= 0.6 is 0 Å². The third-order valence-electron chi connectivity index (χ3n) is 4.04. The van der Waals surface area contributed by atoms with Gasteiger partial charge in [-0.25, -0.2) is 4.39 Å². The summed E-state index contributed by atoms with van der Waals surface area (Å²) < 4.78 is 78.0. The number of hydrogen-bond donors (Lipinski definition) is 0. The Labute approximate surface area is 159 Å². The molecule has 0 aliphatic carbocycles. The highest BCUT2D eigenvalue weighted by Crippen LogP contribution is 2.35. The summed E-state index contributed by atoms with van der Waals surface area (Å²) in [4.78, 5) is 0. The molecule has 3 nitrogen and oxygen atoms in total. The van der Waals surface area contributed by atoms with Crippen molar-refractivity contribution < 1.29 is 30.2 Å². The normalized spacial score (nSPS) is 12.2. The van der Waals surface area contributed by atoms with Gasteiger partial charge in [0.15, 0.2) is 11.6 Å². The van der Waals surface area contributed by atoms with Crippen molar-refractivity contribution in [3.63, 3.8) is 0 Å². The smallest absolute Gasteiger partial charge is 0.373 e. The van der Waals surface area contributed by atoms with Crippen LogP contribution in [0.2, 0.25) is 0 Å². The Balaban J connectivity index is 2.03. The summed E-state index contributed by atoms with van der Waals surface area (Å²) in [7, 11) is -5.95. The van der Waals surface area contributed by atoms with E-state index in [1.54, 1.807) is 0 Å². The number of alkyl halides is 3. The van der Waals surface area contributed by atoms with E-state index in [1.807, 2.05) is 60.7 Å². The molecule has 0 saturated carbocycles. The molecule has 0 aromatic heterocycles. The zero-order valence-corrected chi connectivity index (χ0v) is 15.0. The third-order valence-corrected chi connectivity index (χ3v) is 5.00. The number of benzene rings is 3. The summed E-state index contributed by atoms with van der Waals surface area (Å²) in [5.41, 5.74) is -3.53. The first kappa shape index (κ1) is 19.9. The van der Waals surface area contributed by atoms with Crippen molar-refractivity contribution in [2.45, 2.75) is 11.4 Å². The molecule has 0 N–H and O–H groups in total. The van der Waals surface area contributed by atoms with Gasteiger partial charge in [-0.05, 0) is 28.8 Å². The average molecular weight is 410 g/mol. The van der Waals surface area contributed by atoms with Crippen LogP contribution in [0, 0.1) is 5.82 Å². The van der Waals surface area contributed by atoms with Crippen molar-refractivity contribution in [3.05, 3.63) is 101 Å². The molecule has 3 aromatic carbocycles. The molecule has 3 aromatic rings. The third kappa shape index (κ3) is 4.17. The fourth-order valence-corrected chi connectivity index (χ4v) is 3.26. The van der Waals surface area contributed by atoms with E-state index in [2.05, 4.69) is 4.18 Å². The molecule has 0 aliphatic heterocycles. The maximum absolute atomic E-state index is 14.4. The number of halogens is 4. The Morgan fingerprint density at radius 2 is 1.25 bits per heavy atom. The van der Waals surface area contributed by atoms with E-state index < -0.39 is 33.1 Å². The minimum Gasteiger partial charge on any atom is -0.373 e. The van der Waals surface area contributed by atoms with Crippen molar-refractivity contribution in [3.8, 4) is 5.75 Å². The average Bonchev–Trinajstić information content (AvgIpc) is 2.65. The molecule has 8 heteroatoms. The van der Waals surface area contributed by atoms with Crippen molar-refractivity contribution in [1.82, 2.24) is 0 Å². The van der Waals surface area contributed by atoms with Crippen LogP contribution in [0.5, 0.6) is 5.75 Å². The summed E-state index contributed by atoms with van der Waals surface area (Å²) in [5.74, 6) is -2.62. The molecule has 0 bridgehead atoms. The molecular formula is C20H14F4O3S. The monoisotopic (exact) mass is 410 g/mol. The van der Waals surface area contributed by atoms with Gasteiger partial charge in [0, 0.05) is 5.92 Å². The maximum atomic E-state index is 14.4. The van der Waals surface area contributed by atoms with Crippen molar-refractivity contribution >= 4 is 10.1 Å². The first-order chi connectivity index (χ1) is 13.2. The molecular weight excluding hydrogens is 396 g/mol. The molecule has 146 valence electrons. The Morgan fingerprint density at radius 1 is 0.750 bits per heavy atom. The highest BCUT2D eigenvalue weighted by atomic mass is 32.2. The van der Waals surface area contributed by atoms with Gasteiger partial charge < -0.3 is 4.18 Å². The van der Waals surface area contributed by atoms with Gasteiger partial charge in [0.2, 0.25) is 0 Å². The molecule has 0 aliphatic rings. The summed E-state index contributed by atoms with van der Waals surface area (Å²) >= 11 is 0. The lowest BCUT2D eigenvalue weighted by atomic mass is 9.85. The van der Waals surface area contributed by atoms with Gasteiger partial charge in [-0.3, -0.25) is 0 Å².